The number of alkyl halides is 9. The van der Waals surface area contributed by atoms with E-state index in [1.807, 2.05) is 11.8 Å². The highest BCUT2D eigenvalue weighted by Crippen LogP contribution is 2.48. The van der Waals surface area contributed by atoms with Crippen molar-refractivity contribution < 1.29 is 39.5 Å². The summed E-state index contributed by atoms with van der Waals surface area (Å²) in [6, 6.07) is 2.27. The van der Waals surface area contributed by atoms with E-state index < -0.39 is 47.2 Å². The molecule has 1 aromatic carbocycles. The fraction of sp³-hybridized carbons (Fsp3) is 0.516. The smallest absolute Gasteiger partial charge is 0.368 e. The lowest BCUT2D eigenvalue weighted by Crippen LogP contribution is -2.33. The summed E-state index contributed by atoms with van der Waals surface area (Å²) < 4.78 is 122. The minimum absolute atomic E-state index is 0.0816. The van der Waals surface area contributed by atoms with Crippen LogP contribution >= 0.6 is 0 Å². The van der Waals surface area contributed by atoms with Crippen LogP contribution in [-0.4, -0.2) is 22.5 Å². The Balaban J connectivity index is 1.76. The standard InChI is InChI=1S/C31H33F9N2/c1-6-27-26(13-23(15-41-27)31(38,39)40)24-7-8-28(4,5)14-20(24)16-42-17(2)9-25(18(42)3)19-10-21(29(32,33)34)12-22(11-19)30(35,36)37/h10-13,15,18,25H,2,6-9,14,16H2,1,3-5H3. The van der Waals surface area contributed by atoms with Gasteiger partial charge in [0, 0.05) is 36.1 Å². The molecule has 2 aromatic rings. The number of aryl methyl sites for hydroxylation is 1. The number of hydrogen-bond donors (Lipinski definition) is 0. The van der Waals surface area contributed by atoms with E-state index in [-0.39, 0.29) is 30.0 Å². The summed E-state index contributed by atoms with van der Waals surface area (Å²) in [5.41, 5.74) is -0.693. The average Bonchev–Trinajstić information content (AvgIpc) is 3.14. The quantitative estimate of drug-likeness (QED) is 0.316. The normalized spacial score (nSPS) is 21.8. The van der Waals surface area contributed by atoms with E-state index in [2.05, 4.69) is 25.4 Å². The minimum atomic E-state index is -4.96. The van der Waals surface area contributed by atoms with Gasteiger partial charge in [0.2, 0.25) is 0 Å². The first-order chi connectivity index (χ1) is 19.2. The molecule has 42 heavy (non-hydrogen) atoms. The second kappa shape index (κ2) is 10.9. The lowest BCUT2D eigenvalue weighted by Gasteiger charge is -2.37. The van der Waals surface area contributed by atoms with Crippen LogP contribution in [0.5, 0.6) is 0 Å². The van der Waals surface area contributed by atoms with E-state index in [4.69, 9.17) is 0 Å². The summed E-state index contributed by atoms with van der Waals surface area (Å²) in [4.78, 5) is 5.97. The highest BCUT2D eigenvalue weighted by molar-refractivity contribution is 5.72. The van der Waals surface area contributed by atoms with Crippen LogP contribution in [0.1, 0.15) is 92.8 Å². The zero-order valence-corrected chi connectivity index (χ0v) is 23.8. The van der Waals surface area contributed by atoms with Gasteiger partial charge >= 0.3 is 18.5 Å². The van der Waals surface area contributed by atoms with Crippen molar-refractivity contribution in [3.63, 3.8) is 0 Å². The van der Waals surface area contributed by atoms with Crippen LogP contribution in [0, 0.1) is 5.41 Å². The van der Waals surface area contributed by atoms with Gasteiger partial charge in [-0.15, -0.1) is 0 Å². The second-order valence-corrected chi connectivity index (χ2v) is 12.1. The Hall–Kier alpha value is -2.98. The van der Waals surface area contributed by atoms with E-state index in [9.17, 15) is 39.5 Å². The number of nitrogens with zero attached hydrogens (tertiary/aromatic N) is 2. The fourth-order valence-electron chi connectivity index (χ4n) is 6.18. The van der Waals surface area contributed by atoms with Crippen molar-refractivity contribution in [2.75, 3.05) is 6.54 Å². The summed E-state index contributed by atoms with van der Waals surface area (Å²) in [7, 11) is 0. The SMILES string of the molecule is C=C1CC(c2cc(C(F)(F)F)cc(C(F)(F)F)c2)C(C)N1CC1=C(c2cc(C(F)(F)F)cnc2CC)CCC(C)(C)C1. The Labute approximate surface area is 239 Å². The lowest BCUT2D eigenvalue weighted by molar-refractivity contribution is -0.143. The Morgan fingerprint density at radius 3 is 2.00 bits per heavy atom. The Morgan fingerprint density at radius 2 is 1.48 bits per heavy atom. The molecule has 1 fully saturated rings. The Bertz CT molecular complexity index is 1350. The number of benzene rings is 1. The van der Waals surface area contributed by atoms with E-state index >= 15 is 0 Å². The summed E-state index contributed by atoms with van der Waals surface area (Å²) in [6.45, 7) is 12.0. The highest BCUT2D eigenvalue weighted by Gasteiger charge is 2.41. The van der Waals surface area contributed by atoms with Crippen LogP contribution in [0.2, 0.25) is 0 Å². The third-order valence-electron chi connectivity index (χ3n) is 8.46. The minimum Gasteiger partial charge on any atom is -0.368 e. The fourth-order valence-corrected chi connectivity index (χ4v) is 6.18. The van der Waals surface area contributed by atoms with Gasteiger partial charge in [0.1, 0.15) is 0 Å². The number of pyridine rings is 1. The molecule has 1 saturated heterocycles. The Morgan fingerprint density at radius 1 is 0.905 bits per heavy atom. The van der Waals surface area contributed by atoms with E-state index in [1.54, 1.807) is 6.92 Å². The van der Waals surface area contributed by atoms with E-state index in [1.165, 1.54) is 0 Å². The van der Waals surface area contributed by atoms with Crippen LogP contribution in [0.15, 0.2) is 48.3 Å². The first kappa shape index (κ1) is 31.9. The van der Waals surface area contributed by atoms with Crippen molar-refractivity contribution in [2.24, 2.45) is 5.41 Å². The molecule has 0 N–H and O–H groups in total. The molecule has 230 valence electrons. The van der Waals surface area contributed by atoms with Gasteiger partial charge < -0.3 is 4.90 Å². The van der Waals surface area contributed by atoms with Gasteiger partial charge in [0.25, 0.3) is 0 Å². The molecule has 0 saturated carbocycles. The van der Waals surface area contributed by atoms with Gasteiger partial charge in [-0.25, -0.2) is 0 Å². The highest BCUT2D eigenvalue weighted by atomic mass is 19.4. The number of hydrogen-bond acceptors (Lipinski definition) is 2. The third-order valence-corrected chi connectivity index (χ3v) is 8.46. The van der Waals surface area contributed by atoms with Gasteiger partial charge in [-0.1, -0.05) is 27.4 Å². The molecule has 2 aliphatic rings. The van der Waals surface area contributed by atoms with Crippen LogP contribution in [0.4, 0.5) is 39.5 Å². The summed E-state index contributed by atoms with van der Waals surface area (Å²) in [5.74, 6) is -0.692. The number of aromatic nitrogens is 1. The van der Waals surface area contributed by atoms with Gasteiger partial charge in [-0.05, 0) is 91.0 Å². The molecular formula is C31H33F9N2. The van der Waals surface area contributed by atoms with Crippen LogP contribution in [-0.2, 0) is 24.9 Å². The maximum atomic E-state index is 13.6. The maximum Gasteiger partial charge on any atom is 0.417 e. The molecule has 2 unspecified atom stereocenters. The molecule has 1 aromatic heterocycles. The van der Waals surface area contributed by atoms with Gasteiger partial charge in [-0.2, -0.15) is 39.5 Å². The number of rotatable bonds is 5. The zero-order chi connectivity index (χ0) is 31.4. The van der Waals surface area contributed by atoms with Crippen LogP contribution in [0.3, 0.4) is 0 Å². The van der Waals surface area contributed by atoms with Gasteiger partial charge in [0.05, 0.1) is 16.7 Å². The number of likely N-dealkylation sites (tertiary alicyclic amines) is 1. The molecule has 1 aliphatic carbocycles. The lowest BCUT2D eigenvalue weighted by atomic mass is 9.72. The predicted molar refractivity (Wildman–Crippen MR) is 142 cm³/mol. The maximum absolute atomic E-state index is 13.6. The van der Waals surface area contributed by atoms with Crippen LogP contribution in [0.25, 0.3) is 5.57 Å². The predicted octanol–water partition coefficient (Wildman–Crippen LogP) is 10.1. The molecular weight excluding hydrogens is 571 g/mol. The van der Waals surface area contributed by atoms with E-state index in [0.29, 0.717) is 36.2 Å². The molecule has 0 amide bonds. The second-order valence-electron chi connectivity index (χ2n) is 12.1. The van der Waals surface area contributed by atoms with Gasteiger partial charge in [0.15, 0.2) is 0 Å². The van der Waals surface area contributed by atoms with Crippen molar-refractivity contribution in [1.82, 2.24) is 9.88 Å². The van der Waals surface area contributed by atoms with Crippen molar-refractivity contribution in [1.29, 1.82) is 0 Å². The summed E-state index contributed by atoms with van der Waals surface area (Å²) in [5, 5.41) is 0. The molecule has 1 aliphatic heterocycles. The largest absolute Gasteiger partial charge is 0.417 e. The molecule has 0 radical (unpaired) electrons. The molecule has 2 nitrogen and oxygen atoms in total. The van der Waals surface area contributed by atoms with Gasteiger partial charge in [-0.3, -0.25) is 4.98 Å². The molecule has 0 bridgehead atoms. The summed E-state index contributed by atoms with van der Waals surface area (Å²) >= 11 is 0. The number of halogens is 9. The van der Waals surface area contributed by atoms with Crippen molar-refractivity contribution in [2.45, 2.75) is 90.3 Å². The summed E-state index contributed by atoms with van der Waals surface area (Å²) in [6.07, 6.45) is -11.3. The van der Waals surface area contributed by atoms with Crippen LogP contribution < -0.4 is 0 Å². The van der Waals surface area contributed by atoms with Crippen molar-refractivity contribution in [3.05, 3.63) is 81.8 Å². The molecule has 11 heteroatoms. The first-order valence-corrected chi connectivity index (χ1v) is 13.7. The third kappa shape index (κ3) is 6.64. The monoisotopic (exact) mass is 604 g/mol. The molecule has 0 spiro atoms. The van der Waals surface area contributed by atoms with Crippen molar-refractivity contribution in [3.8, 4) is 0 Å². The average molecular weight is 605 g/mol. The molecule has 4 rings (SSSR count). The zero-order valence-electron chi connectivity index (χ0n) is 23.8. The Kier molecular flexibility index (Phi) is 8.32. The first-order valence-electron chi connectivity index (χ1n) is 13.7. The topological polar surface area (TPSA) is 16.1 Å². The van der Waals surface area contributed by atoms with Crippen molar-refractivity contribution >= 4 is 5.57 Å². The molecule has 2 atom stereocenters. The number of allylic oxidation sites excluding steroid dienone is 2. The van der Waals surface area contributed by atoms with E-state index in [0.717, 1.165) is 42.0 Å². The molecule has 2 heterocycles.